The van der Waals surface area contributed by atoms with E-state index in [-0.39, 0.29) is 6.04 Å². The van der Waals surface area contributed by atoms with Crippen LogP contribution in [-0.4, -0.2) is 35.9 Å². The molecule has 0 aromatic rings. The summed E-state index contributed by atoms with van der Waals surface area (Å²) in [5.74, 6) is -0.772. The third kappa shape index (κ3) is 9.32. The highest BCUT2D eigenvalue weighted by molar-refractivity contribution is 5.78. The van der Waals surface area contributed by atoms with Crippen LogP contribution in [0, 0.1) is 0 Å². The summed E-state index contributed by atoms with van der Waals surface area (Å²) in [6.07, 6.45) is 7.34. The van der Waals surface area contributed by atoms with Crippen LogP contribution < -0.4 is 5.32 Å². The van der Waals surface area contributed by atoms with Crippen LogP contribution in [0.25, 0.3) is 0 Å². The maximum Gasteiger partial charge on any atom is 0.323 e. The van der Waals surface area contributed by atoms with E-state index < -0.39 is 11.5 Å². The number of carboxylic acid groups (broad SMARTS) is 1. The zero-order valence-corrected chi connectivity index (χ0v) is 13.7. The Balaban J connectivity index is 3.67. The molecule has 0 aliphatic rings. The summed E-state index contributed by atoms with van der Waals surface area (Å²) in [5.41, 5.74) is -0.824. The zero-order valence-electron chi connectivity index (χ0n) is 13.7. The van der Waals surface area contributed by atoms with Crippen molar-refractivity contribution >= 4 is 5.97 Å². The predicted octanol–water partition coefficient (Wildman–Crippen LogP) is 3.59. The molecule has 4 nitrogen and oxygen atoms in total. The van der Waals surface area contributed by atoms with Gasteiger partial charge in [0.25, 0.3) is 0 Å². The van der Waals surface area contributed by atoms with Crippen LogP contribution in [0.2, 0.25) is 0 Å². The molecule has 20 heavy (non-hydrogen) atoms. The summed E-state index contributed by atoms with van der Waals surface area (Å²) >= 11 is 0. The van der Waals surface area contributed by atoms with Crippen molar-refractivity contribution in [2.45, 2.75) is 84.2 Å². The molecule has 0 aromatic carbocycles. The molecule has 0 radical (unpaired) electrons. The van der Waals surface area contributed by atoms with Crippen LogP contribution in [0.15, 0.2) is 0 Å². The molecule has 0 heterocycles. The highest BCUT2D eigenvalue weighted by atomic mass is 16.5. The van der Waals surface area contributed by atoms with Crippen LogP contribution in [0.5, 0.6) is 0 Å². The van der Waals surface area contributed by atoms with E-state index in [4.69, 9.17) is 4.74 Å². The van der Waals surface area contributed by atoms with Gasteiger partial charge in [-0.3, -0.25) is 10.1 Å². The van der Waals surface area contributed by atoms with Crippen molar-refractivity contribution in [3.8, 4) is 0 Å². The molecule has 1 atom stereocenters. The summed E-state index contributed by atoms with van der Waals surface area (Å²) in [6.45, 7) is 9.48. The predicted molar refractivity (Wildman–Crippen MR) is 83.1 cm³/mol. The first kappa shape index (κ1) is 19.4. The van der Waals surface area contributed by atoms with E-state index in [1.54, 1.807) is 6.92 Å². The Labute approximate surface area is 124 Å². The Morgan fingerprint density at radius 2 is 1.75 bits per heavy atom. The van der Waals surface area contributed by atoms with Gasteiger partial charge in [-0.05, 0) is 46.5 Å². The van der Waals surface area contributed by atoms with Gasteiger partial charge < -0.3 is 9.84 Å². The first-order valence-electron chi connectivity index (χ1n) is 8.01. The Bertz CT molecular complexity index is 256. The molecule has 1 unspecified atom stereocenters. The van der Waals surface area contributed by atoms with E-state index in [2.05, 4.69) is 12.2 Å². The Hall–Kier alpha value is -0.610. The Kier molecular flexibility index (Phi) is 10.8. The van der Waals surface area contributed by atoms with Crippen molar-refractivity contribution in [3.63, 3.8) is 0 Å². The van der Waals surface area contributed by atoms with Crippen molar-refractivity contribution in [3.05, 3.63) is 0 Å². The number of ether oxygens (including phenoxy) is 1. The molecule has 0 aliphatic heterocycles. The van der Waals surface area contributed by atoms with Crippen molar-refractivity contribution in [2.75, 3.05) is 13.2 Å². The van der Waals surface area contributed by atoms with Gasteiger partial charge in [0, 0.05) is 19.3 Å². The van der Waals surface area contributed by atoms with Crippen LogP contribution in [0.1, 0.15) is 72.6 Å². The molecule has 0 saturated heterocycles. The van der Waals surface area contributed by atoms with E-state index in [1.165, 1.54) is 19.3 Å². The van der Waals surface area contributed by atoms with Crippen LogP contribution in [-0.2, 0) is 9.53 Å². The van der Waals surface area contributed by atoms with Crippen molar-refractivity contribution in [1.82, 2.24) is 5.32 Å². The number of hydrogen-bond donors (Lipinski definition) is 2. The Morgan fingerprint density at radius 1 is 1.15 bits per heavy atom. The lowest BCUT2D eigenvalue weighted by Crippen LogP contribution is -2.52. The molecule has 2 N–H and O–H groups in total. The van der Waals surface area contributed by atoms with Gasteiger partial charge in [-0.1, -0.05) is 26.2 Å². The molecule has 0 aromatic heterocycles. The number of rotatable bonds is 13. The lowest BCUT2D eigenvalue weighted by molar-refractivity contribution is -0.144. The summed E-state index contributed by atoms with van der Waals surface area (Å²) in [6, 6.07) is 0.172. The zero-order chi connectivity index (χ0) is 15.4. The quantitative estimate of drug-likeness (QED) is 0.508. The average Bonchev–Trinajstić information content (AvgIpc) is 2.35. The second kappa shape index (κ2) is 11.1. The average molecular weight is 287 g/mol. The van der Waals surface area contributed by atoms with Gasteiger partial charge in [0.15, 0.2) is 0 Å². The third-order valence-electron chi connectivity index (χ3n) is 3.44. The number of carbonyl (C=O) groups is 1. The summed E-state index contributed by atoms with van der Waals surface area (Å²) < 4.78 is 5.57. The molecule has 0 saturated carbocycles. The van der Waals surface area contributed by atoms with Crippen LogP contribution >= 0.6 is 0 Å². The summed E-state index contributed by atoms with van der Waals surface area (Å²) in [5, 5.41) is 12.5. The van der Waals surface area contributed by atoms with Crippen LogP contribution in [0.3, 0.4) is 0 Å². The van der Waals surface area contributed by atoms with E-state index in [0.29, 0.717) is 6.42 Å². The van der Waals surface area contributed by atoms with Gasteiger partial charge in [0.2, 0.25) is 0 Å². The molecule has 120 valence electrons. The largest absolute Gasteiger partial charge is 0.480 e. The third-order valence-corrected chi connectivity index (χ3v) is 3.44. The molecule has 0 amide bonds. The fraction of sp³-hybridized carbons (Fsp3) is 0.938. The van der Waals surface area contributed by atoms with E-state index in [1.807, 2.05) is 13.8 Å². The molecular formula is C16H33NO3. The first-order chi connectivity index (χ1) is 9.42. The fourth-order valence-corrected chi connectivity index (χ4v) is 2.29. The topological polar surface area (TPSA) is 58.6 Å². The summed E-state index contributed by atoms with van der Waals surface area (Å²) in [4.78, 5) is 11.3. The number of hydrogen-bond acceptors (Lipinski definition) is 3. The van der Waals surface area contributed by atoms with Gasteiger partial charge in [0.05, 0.1) is 0 Å². The van der Waals surface area contributed by atoms with Crippen LogP contribution in [0.4, 0.5) is 0 Å². The SMILES string of the molecule is CCCCCCOCCCCC(C)(NC(C)C)C(=O)O. The van der Waals surface area contributed by atoms with Gasteiger partial charge in [-0.25, -0.2) is 0 Å². The molecule has 0 aliphatic carbocycles. The lowest BCUT2D eigenvalue weighted by Gasteiger charge is -2.28. The molecule has 0 fully saturated rings. The monoisotopic (exact) mass is 287 g/mol. The maximum absolute atomic E-state index is 11.3. The van der Waals surface area contributed by atoms with E-state index in [0.717, 1.165) is 32.5 Å². The highest BCUT2D eigenvalue weighted by Gasteiger charge is 2.32. The fourth-order valence-electron chi connectivity index (χ4n) is 2.29. The number of carboxylic acids is 1. The second-order valence-electron chi connectivity index (χ2n) is 6.07. The summed E-state index contributed by atoms with van der Waals surface area (Å²) in [7, 11) is 0. The molecule has 0 bridgehead atoms. The smallest absolute Gasteiger partial charge is 0.323 e. The van der Waals surface area contributed by atoms with Gasteiger partial charge in [-0.15, -0.1) is 0 Å². The van der Waals surface area contributed by atoms with Gasteiger partial charge in [-0.2, -0.15) is 0 Å². The number of unbranched alkanes of at least 4 members (excludes halogenated alkanes) is 4. The minimum absolute atomic E-state index is 0.172. The minimum Gasteiger partial charge on any atom is -0.480 e. The number of nitrogens with one attached hydrogen (secondary N) is 1. The minimum atomic E-state index is -0.824. The van der Waals surface area contributed by atoms with Gasteiger partial charge in [0.1, 0.15) is 5.54 Å². The molecule has 0 spiro atoms. The second-order valence-corrected chi connectivity index (χ2v) is 6.07. The molecule has 0 rings (SSSR count). The van der Waals surface area contributed by atoms with E-state index >= 15 is 0 Å². The van der Waals surface area contributed by atoms with Crippen molar-refractivity contribution < 1.29 is 14.6 Å². The maximum atomic E-state index is 11.3. The first-order valence-corrected chi connectivity index (χ1v) is 8.01. The lowest BCUT2D eigenvalue weighted by atomic mass is 9.94. The highest BCUT2D eigenvalue weighted by Crippen LogP contribution is 2.15. The van der Waals surface area contributed by atoms with Gasteiger partial charge >= 0.3 is 5.97 Å². The van der Waals surface area contributed by atoms with Crippen molar-refractivity contribution in [1.29, 1.82) is 0 Å². The standard InChI is InChI=1S/C16H33NO3/c1-5-6-7-9-12-20-13-10-8-11-16(4,15(18)19)17-14(2)3/h14,17H,5-13H2,1-4H3,(H,18,19). The number of aliphatic carboxylic acids is 1. The van der Waals surface area contributed by atoms with E-state index in [9.17, 15) is 9.90 Å². The molecular weight excluding hydrogens is 254 g/mol. The molecule has 4 heteroatoms. The van der Waals surface area contributed by atoms with Crippen molar-refractivity contribution in [2.24, 2.45) is 0 Å². The Morgan fingerprint density at radius 3 is 2.25 bits per heavy atom. The normalized spacial score (nSPS) is 14.4.